The molecule has 0 fully saturated rings. The lowest BCUT2D eigenvalue weighted by molar-refractivity contribution is 0.573. The van der Waals surface area contributed by atoms with E-state index in [4.69, 9.17) is 0 Å². The minimum atomic E-state index is 0.600. The summed E-state index contributed by atoms with van der Waals surface area (Å²) in [6, 6.07) is 0.600. The lowest BCUT2D eigenvalue weighted by Gasteiger charge is -2.05. The molecule has 0 aromatic carbocycles. The molecule has 0 aromatic heterocycles. The standard InChI is InChI=1S/C13H23N/c1-4-5-6-7-8-9-10-11-12-14-13(2)3/h8-9,13-14H,4-5,10-12H2,1-3H3/b9-8+. The molecule has 0 saturated carbocycles. The Morgan fingerprint density at radius 3 is 2.79 bits per heavy atom. The highest BCUT2D eigenvalue weighted by Crippen LogP contribution is 1.90. The molecule has 0 unspecified atom stereocenters. The summed E-state index contributed by atoms with van der Waals surface area (Å²) in [6.45, 7) is 7.60. The third-order valence-corrected chi connectivity index (χ3v) is 1.78. The van der Waals surface area contributed by atoms with Crippen LogP contribution in [0.3, 0.4) is 0 Å². The zero-order chi connectivity index (χ0) is 10.6. The third-order valence-electron chi connectivity index (χ3n) is 1.78. The first-order valence-corrected chi connectivity index (χ1v) is 5.64. The largest absolute Gasteiger partial charge is 0.315 e. The van der Waals surface area contributed by atoms with E-state index in [2.05, 4.69) is 44.0 Å². The molecule has 0 atom stereocenters. The molecule has 0 aromatic rings. The molecule has 0 rings (SSSR count). The average molecular weight is 193 g/mol. The molecule has 14 heavy (non-hydrogen) atoms. The molecule has 1 heteroatoms. The molecule has 0 aliphatic rings. The fourth-order valence-electron chi connectivity index (χ4n) is 1.01. The van der Waals surface area contributed by atoms with Crippen molar-refractivity contribution in [1.29, 1.82) is 0 Å². The number of hydrogen-bond acceptors (Lipinski definition) is 1. The molecule has 0 bridgehead atoms. The summed E-state index contributed by atoms with van der Waals surface area (Å²) in [5.41, 5.74) is 0. The number of allylic oxidation sites excluding steroid dienone is 2. The monoisotopic (exact) mass is 193 g/mol. The Morgan fingerprint density at radius 2 is 2.14 bits per heavy atom. The summed E-state index contributed by atoms with van der Waals surface area (Å²) in [5, 5.41) is 3.39. The topological polar surface area (TPSA) is 12.0 Å². The highest BCUT2D eigenvalue weighted by atomic mass is 14.9. The highest BCUT2D eigenvalue weighted by molar-refractivity contribution is 5.14. The van der Waals surface area contributed by atoms with Crippen molar-refractivity contribution in [2.75, 3.05) is 6.54 Å². The maximum Gasteiger partial charge on any atom is 0.00896 e. The fraction of sp³-hybridized carbons (Fsp3) is 0.692. The van der Waals surface area contributed by atoms with E-state index < -0.39 is 0 Å². The first-order valence-electron chi connectivity index (χ1n) is 5.64. The van der Waals surface area contributed by atoms with Crippen LogP contribution >= 0.6 is 0 Å². The van der Waals surface area contributed by atoms with Crippen LogP contribution in [0, 0.1) is 11.8 Å². The predicted molar refractivity (Wildman–Crippen MR) is 64.2 cm³/mol. The molecule has 80 valence electrons. The third kappa shape index (κ3) is 11.3. The summed E-state index contributed by atoms with van der Waals surface area (Å²) >= 11 is 0. The molecular weight excluding hydrogens is 170 g/mol. The fourth-order valence-corrected chi connectivity index (χ4v) is 1.01. The van der Waals surface area contributed by atoms with Gasteiger partial charge in [0.05, 0.1) is 0 Å². The second-order valence-corrected chi connectivity index (χ2v) is 3.72. The molecule has 0 heterocycles. The maximum absolute atomic E-state index is 3.39. The van der Waals surface area contributed by atoms with E-state index in [1.807, 2.05) is 6.08 Å². The van der Waals surface area contributed by atoms with Gasteiger partial charge in [0.25, 0.3) is 0 Å². The number of hydrogen-bond donors (Lipinski definition) is 1. The van der Waals surface area contributed by atoms with E-state index in [0.717, 1.165) is 25.8 Å². The molecule has 1 N–H and O–H groups in total. The molecule has 0 aliphatic carbocycles. The van der Waals surface area contributed by atoms with Gasteiger partial charge in [-0.3, -0.25) is 0 Å². The van der Waals surface area contributed by atoms with Crippen LogP contribution < -0.4 is 5.32 Å². The van der Waals surface area contributed by atoms with Gasteiger partial charge >= 0.3 is 0 Å². The highest BCUT2D eigenvalue weighted by Gasteiger charge is 1.88. The van der Waals surface area contributed by atoms with Gasteiger partial charge in [0.2, 0.25) is 0 Å². The van der Waals surface area contributed by atoms with Crippen LogP contribution in [0.25, 0.3) is 0 Å². The summed E-state index contributed by atoms with van der Waals surface area (Å²) in [4.78, 5) is 0. The van der Waals surface area contributed by atoms with Gasteiger partial charge in [-0.05, 0) is 31.9 Å². The van der Waals surface area contributed by atoms with Gasteiger partial charge < -0.3 is 5.32 Å². The zero-order valence-electron chi connectivity index (χ0n) is 9.77. The van der Waals surface area contributed by atoms with Crippen LogP contribution in [-0.4, -0.2) is 12.6 Å². The zero-order valence-corrected chi connectivity index (χ0v) is 9.77. The van der Waals surface area contributed by atoms with Gasteiger partial charge in [0.1, 0.15) is 0 Å². The van der Waals surface area contributed by atoms with E-state index in [1.54, 1.807) is 0 Å². The van der Waals surface area contributed by atoms with Crippen LogP contribution in [-0.2, 0) is 0 Å². The SMILES string of the molecule is CCCC#C/C=C/CCCNC(C)C. The molecular formula is C13H23N. The molecule has 0 aliphatic heterocycles. The van der Waals surface area contributed by atoms with Gasteiger partial charge in [0.15, 0.2) is 0 Å². The van der Waals surface area contributed by atoms with Crippen molar-refractivity contribution in [3.63, 3.8) is 0 Å². The number of rotatable bonds is 6. The van der Waals surface area contributed by atoms with Crippen LogP contribution in [0.4, 0.5) is 0 Å². The van der Waals surface area contributed by atoms with Gasteiger partial charge in [-0.1, -0.05) is 38.7 Å². The van der Waals surface area contributed by atoms with Crippen molar-refractivity contribution < 1.29 is 0 Å². The Morgan fingerprint density at radius 1 is 1.36 bits per heavy atom. The van der Waals surface area contributed by atoms with E-state index in [1.165, 1.54) is 6.42 Å². The normalized spacial score (nSPS) is 10.6. The van der Waals surface area contributed by atoms with Crippen molar-refractivity contribution >= 4 is 0 Å². The minimum Gasteiger partial charge on any atom is -0.315 e. The number of nitrogens with one attached hydrogen (secondary N) is 1. The van der Waals surface area contributed by atoms with Crippen LogP contribution in [0.1, 0.15) is 46.5 Å². The van der Waals surface area contributed by atoms with Crippen molar-refractivity contribution in [1.82, 2.24) is 5.32 Å². The van der Waals surface area contributed by atoms with Crippen LogP contribution in [0.5, 0.6) is 0 Å². The van der Waals surface area contributed by atoms with E-state index in [9.17, 15) is 0 Å². The second kappa shape index (κ2) is 10.3. The molecule has 0 radical (unpaired) electrons. The maximum atomic E-state index is 3.39. The van der Waals surface area contributed by atoms with E-state index >= 15 is 0 Å². The smallest absolute Gasteiger partial charge is 0.00896 e. The van der Waals surface area contributed by atoms with Crippen molar-refractivity contribution in [2.24, 2.45) is 0 Å². The van der Waals surface area contributed by atoms with Crippen LogP contribution in [0.15, 0.2) is 12.2 Å². The Hall–Kier alpha value is -0.740. The van der Waals surface area contributed by atoms with E-state index in [0.29, 0.717) is 6.04 Å². The first kappa shape index (κ1) is 13.3. The lowest BCUT2D eigenvalue weighted by atomic mass is 10.2. The van der Waals surface area contributed by atoms with Crippen molar-refractivity contribution in [2.45, 2.75) is 52.5 Å². The van der Waals surface area contributed by atoms with Gasteiger partial charge in [-0.2, -0.15) is 0 Å². The number of unbranched alkanes of at least 4 members (excludes halogenated alkanes) is 2. The Labute approximate surface area is 89.0 Å². The first-order chi connectivity index (χ1) is 6.77. The molecule has 1 nitrogen and oxygen atoms in total. The van der Waals surface area contributed by atoms with Crippen LogP contribution in [0.2, 0.25) is 0 Å². The van der Waals surface area contributed by atoms with Crippen molar-refractivity contribution in [3.8, 4) is 11.8 Å². The lowest BCUT2D eigenvalue weighted by Crippen LogP contribution is -2.23. The molecule has 0 amide bonds. The van der Waals surface area contributed by atoms with Gasteiger partial charge in [-0.15, -0.1) is 0 Å². The summed E-state index contributed by atoms with van der Waals surface area (Å²) in [6.07, 6.45) is 8.62. The second-order valence-electron chi connectivity index (χ2n) is 3.72. The Balaban J connectivity index is 3.24. The Bertz CT molecular complexity index is 193. The predicted octanol–water partition coefficient (Wildman–Crippen LogP) is 3.12. The quantitative estimate of drug-likeness (QED) is 0.505. The minimum absolute atomic E-state index is 0.600. The summed E-state index contributed by atoms with van der Waals surface area (Å²) < 4.78 is 0. The summed E-state index contributed by atoms with van der Waals surface area (Å²) in [7, 11) is 0. The molecule has 0 spiro atoms. The van der Waals surface area contributed by atoms with Gasteiger partial charge in [-0.25, -0.2) is 0 Å². The van der Waals surface area contributed by atoms with Crippen molar-refractivity contribution in [3.05, 3.63) is 12.2 Å². The summed E-state index contributed by atoms with van der Waals surface area (Å²) in [5.74, 6) is 6.13. The average Bonchev–Trinajstić information content (AvgIpc) is 2.15. The van der Waals surface area contributed by atoms with E-state index in [-0.39, 0.29) is 0 Å². The van der Waals surface area contributed by atoms with Gasteiger partial charge in [0, 0.05) is 12.5 Å². The molecule has 0 saturated heterocycles. The Kier molecular flexibility index (Phi) is 9.79.